The summed E-state index contributed by atoms with van der Waals surface area (Å²) in [6, 6.07) is 12.4. The number of ether oxygens (including phenoxy) is 1. The fraction of sp³-hybridized carbons (Fsp3) is 0.258. The van der Waals surface area contributed by atoms with Crippen molar-refractivity contribution in [1.82, 2.24) is 34.9 Å². The van der Waals surface area contributed by atoms with Gasteiger partial charge in [0.25, 0.3) is 5.91 Å². The van der Waals surface area contributed by atoms with Crippen molar-refractivity contribution in [2.24, 2.45) is 0 Å². The first kappa shape index (κ1) is 29.2. The third kappa shape index (κ3) is 6.38. The number of anilines is 1. The number of likely N-dealkylation sites (N-methyl/N-ethyl adjacent to an activating group) is 1. The van der Waals surface area contributed by atoms with Gasteiger partial charge < -0.3 is 15.0 Å². The summed E-state index contributed by atoms with van der Waals surface area (Å²) in [5.41, 5.74) is 1.46. The predicted octanol–water partition coefficient (Wildman–Crippen LogP) is 5.53. The first-order chi connectivity index (χ1) is 21.1. The molecule has 226 valence electrons. The number of alkyl halides is 3. The standard InChI is InChI=1S/C31H29F3N8O2/c1-19-5-8-23(44-30-24-17-36-40-28(24)38-27(39-30)21-4-3-9-35-16-21)15-26(19)37-29(43)20-6-7-22(25(14-20)31(32,33)34)18-42-12-10-41(2)11-13-42/h3-9,14-17H,10-13,18H2,1-2H3,(H,37,43)(H,36,38,39,40). The molecule has 6 rings (SSSR count). The Morgan fingerprint density at radius 1 is 1.05 bits per heavy atom. The Kier molecular flexibility index (Phi) is 7.97. The van der Waals surface area contributed by atoms with Gasteiger partial charge in [-0.15, -0.1) is 0 Å². The molecule has 1 fully saturated rings. The lowest BCUT2D eigenvalue weighted by Crippen LogP contribution is -2.44. The van der Waals surface area contributed by atoms with Crippen LogP contribution in [0.2, 0.25) is 0 Å². The third-order valence-corrected chi connectivity index (χ3v) is 7.53. The van der Waals surface area contributed by atoms with E-state index in [4.69, 9.17) is 4.74 Å². The van der Waals surface area contributed by atoms with Crippen molar-refractivity contribution in [1.29, 1.82) is 0 Å². The van der Waals surface area contributed by atoms with E-state index in [-0.39, 0.29) is 23.6 Å². The number of hydrogen-bond acceptors (Lipinski definition) is 8. The molecule has 0 spiro atoms. The molecule has 0 unspecified atom stereocenters. The highest BCUT2D eigenvalue weighted by molar-refractivity contribution is 6.05. The Hall–Kier alpha value is -4.88. The maximum Gasteiger partial charge on any atom is 0.416 e. The molecule has 44 heavy (non-hydrogen) atoms. The fourth-order valence-corrected chi connectivity index (χ4v) is 4.98. The van der Waals surface area contributed by atoms with Gasteiger partial charge in [0.15, 0.2) is 11.5 Å². The molecule has 0 radical (unpaired) electrons. The first-order valence-electron chi connectivity index (χ1n) is 14.0. The summed E-state index contributed by atoms with van der Waals surface area (Å²) in [4.78, 5) is 30.5. The maximum absolute atomic E-state index is 14.1. The zero-order valence-corrected chi connectivity index (χ0v) is 24.0. The molecule has 0 aliphatic carbocycles. The molecule has 1 aliphatic heterocycles. The van der Waals surface area contributed by atoms with E-state index < -0.39 is 17.6 Å². The molecule has 13 heteroatoms. The summed E-state index contributed by atoms with van der Waals surface area (Å²) in [5.74, 6) is 0.291. The number of pyridine rings is 1. The molecule has 2 aromatic carbocycles. The van der Waals surface area contributed by atoms with Crippen molar-refractivity contribution in [2.75, 3.05) is 38.5 Å². The molecule has 1 amide bonds. The Labute approximate surface area is 250 Å². The number of nitrogens with zero attached hydrogens (tertiary/aromatic N) is 6. The predicted molar refractivity (Wildman–Crippen MR) is 158 cm³/mol. The number of aryl methyl sites for hydroxylation is 1. The average Bonchev–Trinajstić information content (AvgIpc) is 3.49. The number of hydrogen-bond donors (Lipinski definition) is 2. The zero-order valence-electron chi connectivity index (χ0n) is 24.0. The SMILES string of the molecule is Cc1ccc(Oc2nc(-c3cccnc3)nc3[nH]ncc23)cc1NC(=O)c1ccc(CN2CCN(C)CC2)c(C(F)(F)F)c1. The minimum absolute atomic E-state index is 0.0952. The molecule has 0 bridgehead atoms. The van der Waals surface area contributed by atoms with Crippen molar-refractivity contribution in [3.63, 3.8) is 0 Å². The van der Waals surface area contributed by atoms with Crippen LogP contribution in [0.15, 0.2) is 67.1 Å². The van der Waals surface area contributed by atoms with Crippen LogP contribution in [0, 0.1) is 6.92 Å². The normalized spacial score (nSPS) is 14.6. The van der Waals surface area contributed by atoms with E-state index in [1.165, 1.54) is 12.1 Å². The number of rotatable bonds is 7. The van der Waals surface area contributed by atoms with Gasteiger partial charge >= 0.3 is 6.18 Å². The van der Waals surface area contributed by atoms with E-state index in [1.54, 1.807) is 49.8 Å². The summed E-state index contributed by atoms with van der Waals surface area (Å²) >= 11 is 0. The lowest BCUT2D eigenvalue weighted by Gasteiger charge is -2.33. The number of nitrogens with one attached hydrogen (secondary N) is 2. The van der Waals surface area contributed by atoms with Crippen molar-refractivity contribution in [3.8, 4) is 23.0 Å². The Morgan fingerprint density at radius 3 is 2.61 bits per heavy atom. The monoisotopic (exact) mass is 602 g/mol. The highest BCUT2D eigenvalue weighted by Crippen LogP contribution is 2.35. The first-order valence-corrected chi connectivity index (χ1v) is 14.0. The number of aromatic amines is 1. The number of amides is 1. The molecular weight excluding hydrogens is 573 g/mol. The number of aromatic nitrogens is 5. The minimum Gasteiger partial charge on any atom is -0.438 e. The molecule has 1 aliphatic rings. The van der Waals surface area contributed by atoms with E-state index in [0.717, 1.165) is 19.2 Å². The number of halogens is 3. The van der Waals surface area contributed by atoms with Gasteiger partial charge in [-0.25, -0.2) is 4.98 Å². The van der Waals surface area contributed by atoms with Gasteiger partial charge in [-0.1, -0.05) is 12.1 Å². The van der Waals surface area contributed by atoms with E-state index in [1.807, 2.05) is 18.0 Å². The highest BCUT2D eigenvalue weighted by atomic mass is 19.4. The van der Waals surface area contributed by atoms with Crippen molar-refractivity contribution >= 4 is 22.6 Å². The Morgan fingerprint density at radius 2 is 1.86 bits per heavy atom. The van der Waals surface area contributed by atoms with Gasteiger partial charge in [0.05, 0.1) is 11.8 Å². The van der Waals surface area contributed by atoms with Crippen LogP contribution in [-0.2, 0) is 12.7 Å². The lowest BCUT2D eigenvalue weighted by molar-refractivity contribution is -0.138. The average molecular weight is 603 g/mol. The van der Waals surface area contributed by atoms with Gasteiger partial charge in [-0.05, 0) is 55.4 Å². The fourth-order valence-electron chi connectivity index (χ4n) is 4.98. The van der Waals surface area contributed by atoms with Crippen LogP contribution in [0.5, 0.6) is 11.6 Å². The summed E-state index contributed by atoms with van der Waals surface area (Å²) in [5, 5.41) is 10.2. The molecule has 1 saturated heterocycles. The summed E-state index contributed by atoms with van der Waals surface area (Å²) in [6.45, 7) is 4.89. The molecule has 0 saturated carbocycles. The summed E-state index contributed by atoms with van der Waals surface area (Å²) < 4.78 is 48.4. The van der Waals surface area contributed by atoms with Crippen LogP contribution in [0.4, 0.5) is 18.9 Å². The number of piperazine rings is 1. The van der Waals surface area contributed by atoms with E-state index in [2.05, 4.69) is 35.4 Å². The van der Waals surface area contributed by atoms with Crippen LogP contribution in [-0.4, -0.2) is 74.1 Å². The number of H-pyrrole nitrogens is 1. The van der Waals surface area contributed by atoms with Crippen LogP contribution in [0.3, 0.4) is 0 Å². The second-order valence-electron chi connectivity index (χ2n) is 10.7. The minimum atomic E-state index is -4.60. The van der Waals surface area contributed by atoms with Gasteiger partial charge in [0.1, 0.15) is 11.1 Å². The molecule has 2 N–H and O–H groups in total. The highest BCUT2D eigenvalue weighted by Gasteiger charge is 2.34. The molecule has 10 nitrogen and oxygen atoms in total. The van der Waals surface area contributed by atoms with Crippen LogP contribution >= 0.6 is 0 Å². The topological polar surface area (TPSA) is 112 Å². The maximum atomic E-state index is 14.1. The van der Waals surface area contributed by atoms with Gasteiger partial charge in [-0.3, -0.25) is 19.8 Å². The number of benzene rings is 2. The number of carbonyl (C=O) groups excluding carboxylic acids is 1. The molecule has 5 aromatic rings. The zero-order chi connectivity index (χ0) is 30.8. The summed E-state index contributed by atoms with van der Waals surface area (Å²) in [7, 11) is 1.99. The molecule has 3 aromatic heterocycles. The van der Waals surface area contributed by atoms with Crippen molar-refractivity contribution in [2.45, 2.75) is 19.6 Å². The van der Waals surface area contributed by atoms with E-state index in [9.17, 15) is 18.0 Å². The third-order valence-electron chi connectivity index (χ3n) is 7.53. The van der Waals surface area contributed by atoms with Gasteiger partial charge in [0, 0.05) is 68.0 Å². The number of carbonyl (C=O) groups is 1. The smallest absolute Gasteiger partial charge is 0.416 e. The Balaban J connectivity index is 1.24. The second kappa shape index (κ2) is 12.0. The largest absolute Gasteiger partial charge is 0.438 e. The van der Waals surface area contributed by atoms with Gasteiger partial charge in [-0.2, -0.15) is 23.3 Å². The summed E-state index contributed by atoms with van der Waals surface area (Å²) in [6.07, 6.45) is 0.210. The van der Waals surface area contributed by atoms with Crippen molar-refractivity contribution < 1.29 is 22.7 Å². The molecule has 0 atom stereocenters. The second-order valence-corrected chi connectivity index (χ2v) is 10.7. The molecular formula is C31H29F3N8O2. The Bertz CT molecular complexity index is 1800. The van der Waals surface area contributed by atoms with E-state index >= 15 is 0 Å². The van der Waals surface area contributed by atoms with Crippen LogP contribution in [0.25, 0.3) is 22.4 Å². The van der Waals surface area contributed by atoms with Crippen LogP contribution < -0.4 is 10.1 Å². The molecule has 4 heterocycles. The van der Waals surface area contributed by atoms with Gasteiger partial charge in [0.2, 0.25) is 5.88 Å². The van der Waals surface area contributed by atoms with Crippen molar-refractivity contribution in [3.05, 3.63) is 89.4 Å². The number of fused-ring (bicyclic) bond motifs is 1. The lowest BCUT2D eigenvalue weighted by atomic mass is 10.0. The quantitative estimate of drug-likeness (QED) is 0.250. The van der Waals surface area contributed by atoms with E-state index in [0.29, 0.717) is 52.5 Å². The van der Waals surface area contributed by atoms with Crippen LogP contribution in [0.1, 0.15) is 27.0 Å².